The minimum absolute atomic E-state index is 0.174. The van der Waals surface area contributed by atoms with E-state index in [-0.39, 0.29) is 11.8 Å². The highest BCUT2D eigenvalue weighted by atomic mass is 32.2. The summed E-state index contributed by atoms with van der Waals surface area (Å²) < 4.78 is 25.2. The summed E-state index contributed by atoms with van der Waals surface area (Å²) in [6, 6.07) is 0.231. The molecule has 0 aromatic heterocycles. The second-order valence-electron chi connectivity index (χ2n) is 3.51. The van der Waals surface area contributed by atoms with Gasteiger partial charge in [-0.3, -0.25) is 0 Å². The van der Waals surface area contributed by atoms with Gasteiger partial charge in [0.15, 0.2) is 0 Å². The maximum atomic E-state index is 11.8. The normalized spacial score (nSPS) is 17.3. The molecule has 0 bridgehead atoms. The van der Waals surface area contributed by atoms with Crippen LogP contribution in [0.1, 0.15) is 12.8 Å². The molecule has 0 amide bonds. The third-order valence-corrected chi connectivity index (χ3v) is 4.11. The summed E-state index contributed by atoms with van der Waals surface area (Å²) >= 11 is 0. The van der Waals surface area contributed by atoms with Crippen LogP contribution in [-0.4, -0.2) is 44.7 Å². The molecular weight excluding hydrogens is 200 g/mol. The molecule has 0 aliphatic heterocycles. The van der Waals surface area contributed by atoms with Gasteiger partial charge in [0.05, 0.1) is 5.75 Å². The zero-order valence-electron chi connectivity index (χ0n) is 8.57. The van der Waals surface area contributed by atoms with Gasteiger partial charge in [-0.2, -0.15) is 4.31 Å². The summed E-state index contributed by atoms with van der Waals surface area (Å²) in [5.41, 5.74) is 0. The Balaban J connectivity index is 2.60. The number of hydrogen-bond acceptors (Lipinski definition) is 3. The topological polar surface area (TPSA) is 49.4 Å². The maximum Gasteiger partial charge on any atom is 0.215 e. The van der Waals surface area contributed by atoms with Crippen LogP contribution in [0.2, 0.25) is 0 Å². The van der Waals surface area contributed by atoms with Crippen LogP contribution in [0, 0.1) is 0 Å². The molecule has 82 valence electrons. The van der Waals surface area contributed by atoms with Crippen LogP contribution in [0.25, 0.3) is 0 Å². The second-order valence-corrected chi connectivity index (χ2v) is 5.55. The van der Waals surface area contributed by atoms with Crippen LogP contribution < -0.4 is 5.32 Å². The predicted molar refractivity (Wildman–Crippen MR) is 57.6 cm³/mol. The summed E-state index contributed by atoms with van der Waals surface area (Å²) in [6.45, 7) is 4.53. The van der Waals surface area contributed by atoms with Gasteiger partial charge in [-0.15, -0.1) is 6.58 Å². The molecule has 1 N–H and O–H groups in total. The first-order chi connectivity index (χ1) is 6.61. The minimum atomic E-state index is -3.08. The van der Waals surface area contributed by atoms with E-state index in [1.807, 2.05) is 0 Å². The van der Waals surface area contributed by atoms with Crippen molar-refractivity contribution in [3.05, 3.63) is 12.7 Å². The number of rotatable bonds is 7. The monoisotopic (exact) mass is 218 g/mol. The Morgan fingerprint density at radius 1 is 1.57 bits per heavy atom. The van der Waals surface area contributed by atoms with E-state index in [9.17, 15) is 8.42 Å². The Bertz CT molecular complexity index is 283. The molecule has 0 heterocycles. The first-order valence-electron chi connectivity index (χ1n) is 4.87. The lowest BCUT2D eigenvalue weighted by Gasteiger charge is -2.19. The van der Waals surface area contributed by atoms with E-state index in [2.05, 4.69) is 11.9 Å². The van der Waals surface area contributed by atoms with Crippen molar-refractivity contribution in [3.63, 3.8) is 0 Å². The average molecular weight is 218 g/mol. The van der Waals surface area contributed by atoms with Crippen molar-refractivity contribution in [3.8, 4) is 0 Å². The molecule has 1 rings (SSSR count). The Hall–Kier alpha value is -0.390. The van der Waals surface area contributed by atoms with E-state index in [1.54, 1.807) is 17.4 Å². The Morgan fingerprint density at radius 2 is 2.21 bits per heavy atom. The highest BCUT2D eigenvalue weighted by Gasteiger charge is 2.35. The van der Waals surface area contributed by atoms with E-state index < -0.39 is 10.0 Å². The quantitative estimate of drug-likeness (QED) is 0.620. The van der Waals surface area contributed by atoms with E-state index in [0.29, 0.717) is 13.1 Å². The highest BCUT2D eigenvalue weighted by molar-refractivity contribution is 7.89. The van der Waals surface area contributed by atoms with Crippen molar-refractivity contribution < 1.29 is 8.42 Å². The van der Waals surface area contributed by atoms with Gasteiger partial charge in [0, 0.05) is 19.1 Å². The van der Waals surface area contributed by atoms with Crippen LogP contribution >= 0.6 is 0 Å². The summed E-state index contributed by atoms with van der Waals surface area (Å²) in [6.07, 6.45) is 3.63. The number of nitrogens with one attached hydrogen (secondary N) is 1. The fourth-order valence-electron chi connectivity index (χ4n) is 1.33. The van der Waals surface area contributed by atoms with E-state index in [0.717, 1.165) is 12.8 Å². The maximum absolute atomic E-state index is 11.8. The second kappa shape index (κ2) is 4.91. The van der Waals surface area contributed by atoms with Crippen LogP contribution in [0.4, 0.5) is 0 Å². The fourth-order valence-corrected chi connectivity index (χ4v) is 3.02. The van der Waals surface area contributed by atoms with Crippen LogP contribution in [0.5, 0.6) is 0 Å². The van der Waals surface area contributed by atoms with Gasteiger partial charge in [-0.05, 0) is 19.9 Å². The lowest BCUT2D eigenvalue weighted by Crippen LogP contribution is -2.37. The summed E-state index contributed by atoms with van der Waals surface area (Å²) in [4.78, 5) is 0. The first-order valence-corrected chi connectivity index (χ1v) is 6.47. The van der Waals surface area contributed by atoms with Crippen molar-refractivity contribution in [1.29, 1.82) is 0 Å². The van der Waals surface area contributed by atoms with Crippen molar-refractivity contribution in [2.24, 2.45) is 0 Å². The summed E-state index contributed by atoms with van der Waals surface area (Å²) in [5.74, 6) is 0.174. The highest BCUT2D eigenvalue weighted by Crippen LogP contribution is 2.29. The van der Waals surface area contributed by atoms with Crippen molar-refractivity contribution in [2.45, 2.75) is 18.9 Å². The minimum Gasteiger partial charge on any atom is -0.319 e. The summed E-state index contributed by atoms with van der Waals surface area (Å²) in [7, 11) is -1.33. The lowest BCUT2D eigenvalue weighted by atomic mass is 10.6. The molecule has 1 fully saturated rings. The van der Waals surface area contributed by atoms with Crippen LogP contribution in [0.15, 0.2) is 12.7 Å². The molecule has 0 saturated heterocycles. The molecule has 1 saturated carbocycles. The third-order valence-electron chi connectivity index (χ3n) is 2.23. The van der Waals surface area contributed by atoms with Gasteiger partial charge in [0.1, 0.15) is 0 Å². The Kier molecular flexibility index (Phi) is 4.10. The van der Waals surface area contributed by atoms with Gasteiger partial charge in [0.25, 0.3) is 0 Å². The molecule has 4 nitrogen and oxygen atoms in total. The first kappa shape index (κ1) is 11.7. The van der Waals surface area contributed by atoms with E-state index in [1.165, 1.54) is 0 Å². The number of hydrogen-bond donors (Lipinski definition) is 1. The van der Waals surface area contributed by atoms with E-state index in [4.69, 9.17) is 0 Å². The largest absolute Gasteiger partial charge is 0.319 e. The average Bonchev–Trinajstić information content (AvgIpc) is 2.94. The lowest BCUT2D eigenvalue weighted by molar-refractivity contribution is 0.435. The third kappa shape index (κ3) is 3.08. The summed E-state index contributed by atoms with van der Waals surface area (Å²) in [5, 5.41) is 2.85. The van der Waals surface area contributed by atoms with Crippen LogP contribution in [-0.2, 0) is 10.0 Å². The zero-order chi connectivity index (χ0) is 10.6. The van der Waals surface area contributed by atoms with Crippen molar-refractivity contribution >= 4 is 10.0 Å². The molecular formula is C9H18N2O2S. The number of sulfonamides is 1. The molecule has 1 aliphatic carbocycles. The van der Waals surface area contributed by atoms with Gasteiger partial charge >= 0.3 is 0 Å². The molecule has 0 spiro atoms. The standard InChI is InChI=1S/C9H18N2O2S/c1-3-7-11(9-4-5-9)14(12,13)8-6-10-2/h3,9-10H,1,4-8H2,2H3. The van der Waals surface area contributed by atoms with Crippen molar-refractivity contribution in [2.75, 3.05) is 25.9 Å². The number of nitrogens with zero attached hydrogens (tertiary/aromatic N) is 1. The van der Waals surface area contributed by atoms with Gasteiger partial charge in [0.2, 0.25) is 10.0 Å². The zero-order valence-corrected chi connectivity index (χ0v) is 9.39. The predicted octanol–water partition coefficient (Wildman–Crippen LogP) is 0.186. The molecule has 1 aliphatic rings. The molecule has 14 heavy (non-hydrogen) atoms. The molecule has 5 heteroatoms. The van der Waals surface area contributed by atoms with Gasteiger partial charge in [-0.25, -0.2) is 8.42 Å². The Labute approximate surface area is 86.0 Å². The van der Waals surface area contributed by atoms with Gasteiger partial charge in [-0.1, -0.05) is 6.08 Å². The molecule has 0 radical (unpaired) electrons. The smallest absolute Gasteiger partial charge is 0.215 e. The Morgan fingerprint density at radius 3 is 2.64 bits per heavy atom. The molecule has 0 aromatic rings. The molecule has 0 atom stereocenters. The van der Waals surface area contributed by atoms with E-state index >= 15 is 0 Å². The molecule has 0 aromatic carbocycles. The SMILES string of the molecule is C=CCN(C1CC1)S(=O)(=O)CCNC. The fraction of sp³-hybridized carbons (Fsp3) is 0.778. The van der Waals surface area contributed by atoms with Gasteiger partial charge < -0.3 is 5.32 Å². The molecule has 0 unspecified atom stereocenters. The van der Waals surface area contributed by atoms with Crippen LogP contribution in [0.3, 0.4) is 0 Å². The van der Waals surface area contributed by atoms with Crippen molar-refractivity contribution in [1.82, 2.24) is 9.62 Å².